The van der Waals surface area contributed by atoms with E-state index >= 15 is 0 Å². The Bertz CT molecular complexity index is 583. The molecule has 0 aromatic heterocycles. The van der Waals surface area contributed by atoms with E-state index in [1.807, 2.05) is 26.0 Å². The molecule has 1 aromatic carbocycles. The van der Waals surface area contributed by atoms with Gasteiger partial charge in [0.05, 0.1) is 18.0 Å². The smallest absolute Gasteiger partial charge is 0.232 e. The zero-order valence-corrected chi connectivity index (χ0v) is 12.2. The largest absolute Gasteiger partial charge is 0.320 e. The molecule has 0 saturated heterocycles. The Kier molecular flexibility index (Phi) is 5.87. The van der Waals surface area contributed by atoms with Crippen molar-refractivity contribution in [3.05, 3.63) is 29.3 Å². The van der Waals surface area contributed by atoms with Gasteiger partial charge in [0, 0.05) is 5.56 Å². The van der Waals surface area contributed by atoms with Crippen molar-refractivity contribution in [3.63, 3.8) is 0 Å². The number of nitrogens with two attached hydrogens (primary N) is 1. The average molecular weight is 280 g/mol. The lowest BCUT2D eigenvalue weighted by atomic mass is 10.1. The monoisotopic (exact) mass is 280 g/mol. The van der Waals surface area contributed by atoms with E-state index in [2.05, 4.69) is 16.6 Å². The molecular weight excluding hydrogens is 260 g/mol. The van der Waals surface area contributed by atoms with E-state index < -0.39 is 10.0 Å². The number of anilines is 1. The number of sulfonamides is 1. The average Bonchev–Trinajstić information content (AvgIpc) is 2.36. The van der Waals surface area contributed by atoms with Crippen molar-refractivity contribution in [3.8, 4) is 11.8 Å². The highest BCUT2D eigenvalue weighted by Gasteiger charge is 2.11. The van der Waals surface area contributed by atoms with Crippen LogP contribution in [0.1, 0.15) is 30.9 Å². The minimum atomic E-state index is -3.31. The normalized spacial score (nSPS) is 10.7. The molecule has 0 fully saturated rings. The van der Waals surface area contributed by atoms with Crippen LogP contribution in [0.3, 0.4) is 0 Å². The van der Waals surface area contributed by atoms with E-state index in [1.54, 1.807) is 6.07 Å². The summed E-state index contributed by atoms with van der Waals surface area (Å²) in [7, 11) is -3.31. The summed E-state index contributed by atoms with van der Waals surface area (Å²) in [5.41, 5.74) is 7.55. The summed E-state index contributed by atoms with van der Waals surface area (Å²) < 4.78 is 26.4. The van der Waals surface area contributed by atoms with Gasteiger partial charge in [-0.2, -0.15) is 0 Å². The molecule has 0 saturated carbocycles. The Morgan fingerprint density at radius 3 is 2.74 bits per heavy atom. The fraction of sp³-hybridized carbons (Fsp3) is 0.429. The molecule has 0 aliphatic rings. The Hall–Kier alpha value is -1.51. The van der Waals surface area contributed by atoms with Crippen LogP contribution in [0.2, 0.25) is 0 Å². The molecule has 0 unspecified atom stereocenters. The van der Waals surface area contributed by atoms with Crippen LogP contribution in [0.4, 0.5) is 5.69 Å². The molecule has 0 amide bonds. The zero-order chi connectivity index (χ0) is 14.3. The number of unbranched alkanes of at least 4 members (excludes halogenated alkanes) is 1. The molecule has 0 atom stereocenters. The summed E-state index contributed by atoms with van der Waals surface area (Å²) in [6.07, 6.45) is 1.49. The molecule has 0 heterocycles. The molecule has 1 aromatic rings. The van der Waals surface area contributed by atoms with Gasteiger partial charge in [-0.1, -0.05) is 31.3 Å². The van der Waals surface area contributed by atoms with Crippen LogP contribution < -0.4 is 10.5 Å². The standard InChI is InChI=1S/C14H20N2O2S/c1-3-4-10-19(17,18)16-14-8-7-12(2)11-13(14)6-5-9-15/h7-8,11,16H,3-4,9-10,15H2,1-2H3. The predicted molar refractivity (Wildman–Crippen MR) is 79.4 cm³/mol. The molecule has 104 valence electrons. The molecule has 0 radical (unpaired) electrons. The van der Waals surface area contributed by atoms with Gasteiger partial charge in [-0.25, -0.2) is 8.42 Å². The second kappa shape index (κ2) is 7.17. The molecule has 0 aliphatic carbocycles. The van der Waals surface area contributed by atoms with E-state index in [9.17, 15) is 8.42 Å². The molecule has 4 nitrogen and oxygen atoms in total. The SMILES string of the molecule is CCCCS(=O)(=O)Nc1ccc(C)cc1C#CCN. The number of nitrogens with one attached hydrogen (secondary N) is 1. The summed E-state index contributed by atoms with van der Waals surface area (Å²) >= 11 is 0. The van der Waals surface area contributed by atoms with Crippen LogP contribution in [0, 0.1) is 18.8 Å². The first-order chi connectivity index (χ1) is 8.98. The molecule has 0 spiro atoms. The predicted octanol–water partition coefficient (Wildman–Crippen LogP) is 1.85. The quantitative estimate of drug-likeness (QED) is 0.808. The maximum absolute atomic E-state index is 11.9. The molecule has 3 N–H and O–H groups in total. The van der Waals surface area contributed by atoms with Gasteiger partial charge in [0.15, 0.2) is 0 Å². The van der Waals surface area contributed by atoms with Crippen molar-refractivity contribution in [2.75, 3.05) is 17.0 Å². The summed E-state index contributed by atoms with van der Waals surface area (Å²) in [6, 6.07) is 5.44. The van der Waals surface area contributed by atoms with Crippen LogP contribution in [0.15, 0.2) is 18.2 Å². The summed E-state index contributed by atoms with van der Waals surface area (Å²) in [4.78, 5) is 0. The van der Waals surface area contributed by atoms with Crippen LogP contribution in [-0.2, 0) is 10.0 Å². The van der Waals surface area contributed by atoms with Gasteiger partial charge in [0.25, 0.3) is 0 Å². The van der Waals surface area contributed by atoms with Crippen LogP contribution in [0.25, 0.3) is 0 Å². The molecule has 0 aliphatic heterocycles. The molecular formula is C14H20N2O2S. The van der Waals surface area contributed by atoms with Crippen molar-refractivity contribution in [1.29, 1.82) is 0 Å². The third-order valence-electron chi connectivity index (χ3n) is 2.53. The highest BCUT2D eigenvalue weighted by Crippen LogP contribution is 2.18. The molecule has 19 heavy (non-hydrogen) atoms. The number of aryl methyl sites for hydroxylation is 1. The van der Waals surface area contributed by atoms with E-state index in [4.69, 9.17) is 5.73 Å². The summed E-state index contributed by atoms with van der Waals surface area (Å²) in [6.45, 7) is 4.14. The van der Waals surface area contributed by atoms with Gasteiger partial charge >= 0.3 is 0 Å². The van der Waals surface area contributed by atoms with Crippen molar-refractivity contribution < 1.29 is 8.42 Å². The van der Waals surface area contributed by atoms with Crippen LogP contribution in [-0.4, -0.2) is 20.7 Å². The number of benzene rings is 1. The van der Waals surface area contributed by atoms with Crippen LogP contribution in [0.5, 0.6) is 0 Å². The van der Waals surface area contributed by atoms with Crippen molar-refractivity contribution in [2.45, 2.75) is 26.7 Å². The second-order valence-corrected chi connectivity index (χ2v) is 6.17. The Morgan fingerprint density at radius 1 is 1.37 bits per heavy atom. The van der Waals surface area contributed by atoms with Crippen molar-refractivity contribution >= 4 is 15.7 Å². The molecule has 1 rings (SSSR count). The van der Waals surface area contributed by atoms with E-state index in [0.717, 1.165) is 12.0 Å². The topological polar surface area (TPSA) is 72.2 Å². The number of rotatable bonds is 5. The van der Waals surface area contributed by atoms with Crippen LogP contribution >= 0.6 is 0 Å². The van der Waals surface area contributed by atoms with Gasteiger partial charge in [-0.05, 0) is 31.0 Å². The minimum Gasteiger partial charge on any atom is -0.320 e. The second-order valence-electron chi connectivity index (χ2n) is 4.33. The van der Waals surface area contributed by atoms with Crippen molar-refractivity contribution in [2.24, 2.45) is 5.73 Å². The molecule has 0 bridgehead atoms. The number of hydrogen-bond acceptors (Lipinski definition) is 3. The maximum atomic E-state index is 11.9. The lowest BCUT2D eigenvalue weighted by Gasteiger charge is -2.10. The highest BCUT2D eigenvalue weighted by atomic mass is 32.2. The van der Waals surface area contributed by atoms with Gasteiger partial charge in [0.1, 0.15) is 0 Å². The third kappa shape index (κ3) is 5.33. The Labute approximate surface area is 115 Å². The maximum Gasteiger partial charge on any atom is 0.232 e. The first kappa shape index (κ1) is 15.5. The first-order valence-corrected chi connectivity index (χ1v) is 7.94. The Morgan fingerprint density at radius 2 is 2.11 bits per heavy atom. The summed E-state index contributed by atoms with van der Waals surface area (Å²) in [5, 5.41) is 0. The van der Waals surface area contributed by atoms with Gasteiger partial charge in [-0.15, -0.1) is 0 Å². The van der Waals surface area contributed by atoms with Gasteiger partial charge in [0.2, 0.25) is 10.0 Å². The lowest BCUT2D eigenvalue weighted by Crippen LogP contribution is -2.17. The minimum absolute atomic E-state index is 0.126. The van der Waals surface area contributed by atoms with E-state index in [-0.39, 0.29) is 12.3 Å². The number of hydrogen-bond donors (Lipinski definition) is 2. The fourth-order valence-electron chi connectivity index (χ4n) is 1.55. The first-order valence-electron chi connectivity index (χ1n) is 6.28. The highest BCUT2D eigenvalue weighted by molar-refractivity contribution is 7.92. The van der Waals surface area contributed by atoms with Gasteiger partial charge < -0.3 is 5.73 Å². The molecule has 5 heteroatoms. The van der Waals surface area contributed by atoms with E-state index in [1.165, 1.54) is 0 Å². The zero-order valence-electron chi connectivity index (χ0n) is 11.4. The van der Waals surface area contributed by atoms with E-state index in [0.29, 0.717) is 17.7 Å². The van der Waals surface area contributed by atoms with Crippen molar-refractivity contribution in [1.82, 2.24) is 0 Å². The third-order valence-corrected chi connectivity index (χ3v) is 3.89. The fourth-order valence-corrected chi connectivity index (χ4v) is 2.83. The summed E-state index contributed by atoms with van der Waals surface area (Å²) in [5.74, 6) is 5.76. The Balaban J connectivity index is 3.00. The van der Waals surface area contributed by atoms with Gasteiger partial charge in [-0.3, -0.25) is 4.72 Å². The lowest BCUT2D eigenvalue weighted by molar-refractivity contribution is 0.598.